The number of hydrogen-bond acceptors (Lipinski definition) is 2. The lowest BCUT2D eigenvalue weighted by atomic mass is 9.84. The van der Waals surface area contributed by atoms with Crippen molar-refractivity contribution in [2.24, 2.45) is 17.3 Å². The zero-order valence-corrected chi connectivity index (χ0v) is 14.6. The fourth-order valence-electron chi connectivity index (χ4n) is 3.98. The van der Waals surface area contributed by atoms with Crippen LogP contribution >= 0.6 is 0 Å². The molecule has 3 rings (SSSR count). The standard InChI is InChI=1S/C19H36N2/c1-18(2,3)20-14-19(10-4-5-11-19)15-21(12-16-6-7-16)13-17-8-9-17/h16-17,20H,4-15H2,1-3H3. The van der Waals surface area contributed by atoms with E-state index in [-0.39, 0.29) is 5.54 Å². The summed E-state index contributed by atoms with van der Waals surface area (Å²) in [5.41, 5.74) is 0.824. The van der Waals surface area contributed by atoms with Gasteiger partial charge in [0, 0.05) is 31.7 Å². The first-order chi connectivity index (χ1) is 9.94. The minimum Gasteiger partial charge on any atom is -0.311 e. The van der Waals surface area contributed by atoms with Crippen LogP contribution in [0.5, 0.6) is 0 Å². The van der Waals surface area contributed by atoms with Gasteiger partial charge in [-0.1, -0.05) is 12.8 Å². The quantitative estimate of drug-likeness (QED) is 0.726. The van der Waals surface area contributed by atoms with Gasteiger partial charge < -0.3 is 10.2 Å². The summed E-state index contributed by atoms with van der Waals surface area (Å²) in [5.74, 6) is 2.08. The second-order valence-corrected chi connectivity index (χ2v) is 9.39. The summed E-state index contributed by atoms with van der Waals surface area (Å²) in [7, 11) is 0. The summed E-state index contributed by atoms with van der Waals surface area (Å²) >= 11 is 0. The Kier molecular flexibility index (Phi) is 4.66. The predicted molar refractivity (Wildman–Crippen MR) is 90.5 cm³/mol. The molecule has 0 aromatic rings. The van der Waals surface area contributed by atoms with Crippen LogP contribution in [0.1, 0.15) is 72.1 Å². The Balaban J connectivity index is 1.57. The average Bonchev–Trinajstić information content (AvgIpc) is 3.31. The SMILES string of the molecule is CC(C)(C)NCC1(CN(CC2CC2)CC2CC2)CCCC1. The predicted octanol–water partition coefficient (Wildman–Crippen LogP) is 4.06. The van der Waals surface area contributed by atoms with Gasteiger partial charge in [-0.25, -0.2) is 0 Å². The molecule has 0 bridgehead atoms. The van der Waals surface area contributed by atoms with Gasteiger partial charge in [-0.2, -0.15) is 0 Å². The molecule has 0 aliphatic heterocycles. The van der Waals surface area contributed by atoms with Crippen molar-refractivity contribution < 1.29 is 0 Å². The van der Waals surface area contributed by atoms with Gasteiger partial charge in [0.25, 0.3) is 0 Å². The monoisotopic (exact) mass is 292 g/mol. The van der Waals surface area contributed by atoms with Crippen LogP contribution in [0.2, 0.25) is 0 Å². The fourth-order valence-corrected chi connectivity index (χ4v) is 3.98. The molecule has 0 amide bonds. The van der Waals surface area contributed by atoms with E-state index in [2.05, 4.69) is 31.0 Å². The Morgan fingerprint density at radius 3 is 1.90 bits per heavy atom. The highest BCUT2D eigenvalue weighted by molar-refractivity contribution is 4.93. The molecular weight excluding hydrogens is 256 g/mol. The van der Waals surface area contributed by atoms with Crippen LogP contribution in [-0.4, -0.2) is 36.6 Å². The Morgan fingerprint density at radius 1 is 0.952 bits per heavy atom. The highest BCUT2D eigenvalue weighted by Gasteiger charge is 2.38. The Labute approximate surface area is 132 Å². The molecule has 0 aromatic carbocycles. The Morgan fingerprint density at radius 2 is 1.48 bits per heavy atom. The van der Waals surface area contributed by atoms with Crippen molar-refractivity contribution in [1.82, 2.24) is 10.2 Å². The molecule has 21 heavy (non-hydrogen) atoms. The van der Waals surface area contributed by atoms with Crippen molar-refractivity contribution in [1.29, 1.82) is 0 Å². The molecule has 0 radical (unpaired) electrons. The first-order valence-electron chi connectivity index (χ1n) is 9.42. The molecule has 2 nitrogen and oxygen atoms in total. The fraction of sp³-hybridized carbons (Fsp3) is 1.00. The van der Waals surface area contributed by atoms with Crippen molar-refractivity contribution in [3.63, 3.8) is 0 Å². The molecule has 3 fully saturated rings. The molecule has 2 heteroatoms. The highest BCUT2D eigenvalue weighted by Crippen LogP contribution is 2.41. The largest absolute Gasteiger partial charge is 0.311 e. The summed E-state index contributed by atoms with van der Waals surface area (Å²) in [4.78, 5) is 2.87. The van der Waals surface area contributed by atoms with Crippen LogP contribution in [0.4, 0.5) is 0 Å². The zero-order chi connectivity index (χ0) is 14.9. The van der Waals surface area contributed by atoms with Crippen molar-refractivity contribution >= 4 is 0 Å². The third-order valence-electron chi connectivity index (χ3n) is 5.64. The van der Waals surface area contributed by atoms with Gasteiger partial charge in [0.1, 0.15) is 0 Å². The van der Waals surface area contributed by atoms with E-state index in [9.17, 15) is 0 Å². The lowest BCUT2D eigenvalue weighted by Gasteiger charge is -2.38. The molecular formula is C19H36N2. The molecule has 0 spiro atoms. The molecule has 0 unspecified atom stereocenters. The number of hydrogen-bond donors (Lipinski definition) is 1. The van der Waals surface area contributed by atoms with Gasteiger partial charge in [-0.15, -0.1) is 0 Å². The zero-order valence-electron chi connectivity index (χ0n) is 14.6. The molecule has 3 aliphatic carbocycles. The molecule has 122 valence electrons. The van der Waals surface area contributed by atoms with Crippen molar-refractivity contribution in [2.45, 2.75) is 77.7 Å². The maximum atomic E-state index is 3.82. The van der Waals surface area contributed by atoms with Crippen LogP contribution in [0.3, 0.4) is 0 Å². The van der Waals surface area contributed by atoms with Crippen LogP contribution in [0.15, 0.2) is 0 Å². The van der Waals surface area contributed by atoms with E-state index in [0.717, 1.165) is 11.8 Å². The van der Waals surface area contributed by atoms with E-state index in [1.54, 1.807) is 0 Å². The molecule has 0 aromatic heterocycles. The van der Waals surface area contributed by atoms with E-state index in [4.69, 9.17) is 0 Å². The van der Waals surface area contributed by atoms with E-state index in [1.807, 2.05) is 0 Å². The van der Waals surface area contributed by atoms with E-state index in [0.29, 0.717) is 5.41 Å². The van der Waals surface area contributed by atoms with Crippen LogP contribution < -0.4 is 5.32 Å². The molecule has 0 heterocycles. The Hall–Kier alpha value is -0.0800. The van der Waals surface area contributed by atoms with Gasteiger partial charge in [-0.3, -0.25) is 0 Å². The third-order valence-corrected chi connectivity index (χ3v) is 5.64. The number of nitrogens with zero attached hydrogens (tertiary/aromatic N) is 1. The molecule has 1 N–H and O–H groups in total. The summed E-state index contributed by atoms with van der Waals surface area (Å²) in [6.07, 6.45) is 11.8. The Bertz CT molecular complexity index is 316. The topological polar surface area (TPSA) is 15.3 Å². The normalized spacial score (nSPS) is 25.7. The van der Waals surface area contributed by atoms with Crippen molar-refractivity contribution in [3.05, 3.63) is 0 Å². The van der Waals surface area contributed by atoms with Gasteiger partial charge in [0.2, 0.25) is 0 Å². The summed E-state index contributed by atoms with van der Waals surface area (Å²) in [5, 5.41) is 3.82. The third kappa shape index (κ3) is 5.25. The van der Waals surface area contributed by atoms with Crippen molar-refractivity contribution in [3.8, 4) is 0 Å². The molecule has 3 aliphatic rings. The molecule has 0 atom stereocenters. The van der Waals surface area contributed by atoms with Crippen LogP contribution in [0, 0.1) is 17.3 Å². The minimum absolute atomic E-state index is 0.257. The number of rotatable bonds is 8. The van der Waals surface area contributed by atoms with E-state index >= 15 is 0 Å². The minimum atomic E-state index is 0.257. The first kappa shape index (κ1) is 15.8. The van der Waals surface area contributed by atoms with E-state index in [1.165, 1.54) is 77.5 Å². The highest BCUT2D eigenvalue weighted by atomic mass is 15.1. The van der Waals surface area contributed by atoms with E-state index < -0.39 is 0 Å². The lowest BCUT2D eigenvalue weighted by Crippen LogP contribution is -2.48. The molecule has 0 saturated heterocycles. The maximum absolute atomic E-state index is 3.82. The first-order valence-corrected chi connectivity index (χ1v) is 9.42. The second-order valence-electron chi connectivity index (χ2n) is 9.39. The van der Waals surface area contributed by atoms with Gasteiger partial charge in [-0.05, 0) is 76.5 Å². The average molecular weight is 293 g/mol. The molecule has 3 saturated carbocycles. The van der Waals surface area contributed by atoms with Crippen LogP contribution in [-0.2, 0) is 0 Å². The van der Waals surface area contributed by atoms with Gasteiger partial charge in [0.15, 0.2) is 0 Å². The lowest BCUT2D eigenvalue weighted by molar-refractivity contribution is 0.131. The van der Waals surface area contributed by atoms with Gasteiger partial charge >= 0.3 is 0 Å². The smallest absolute Gasteiger partial charge is 0.00967 e. The summed E-state index contributed by atoms with van der Waals surface area (Å²) in [6, 6.07) is 0. The van der Waals surface area contributed by atoms with Crippen LogP contribution in [0.25, 0.3) is 0 Å². The second kappa shape index (κ2) is 6.20. The van der Waals surface area contributed by atoms with Gasteiger partial charge in [0.05, 0.1) is 0 Å². The maximum Gasteiger partial charge on any atom is 0.00967 e. The number of nitrogens with one attached hydrogen (secondary N) is 1. The van der Waals surface area contributed by atoms with Crippen molar-refractivity contribution in [2.75, 3.05) is 26.2 Å². The summed E-state index contributed by atoms with van der Waals surface area (Å²) in [6.45, 7) is 12.3. The summed E-state index contributed by atoms with van der Waals surface area (Å²) < 4.78 is 0.